The first-order valence-corrected chi connectivity index (χ1v) is 12.2. The van der Waals surface area contributed by atoms with Gasteiger partial charge in [0.25, 0.3) is 16.8 Å². The normalized spacial score (nSPS) is 14.1. The summed E-state index contributed by atoms with van der Waals surface area (Å²) in [4.78, 5) is 49.5. The fourth-order valence-corrected chi connectivity index (χ4v) is 4.47. The highest BCUT2D eigenvalue weighted by molar-refractivity contribution is 8.18. The number of hydrogen-bond donors (Lipinski definition) is 1. The molecule has 1 fully saturated rings. The molecule has 10 nitrogen and oxygen atoms in total. The van der Waals surface area contributed by atoms with Gasteiger partial charge in [0.05, 0.1) is 22.5 Å². The molecule has 1 heterocycles. The van der Waals surface area contributed by atoms with E-state index in [0.29, 0.717) is 28.3 Å². The second kappa shape index (κ2) is 11.6. The summed E-state index contributed by atoms with van der Waals surface area (Å²) in [6.07, 6.45) is 1.52. The Kier molecular flexibility index (Phi) is 8.07. The molecule has 0 saturated carbocycles. The molecule has 38 heavy (non-hydrogen) atoms. The number of imide groups is 1. The minimum atomic E-state index is -0.574. The lowest BCUT2D eigenvalue weighted by molar-refractivity contribution is -0.385. The number of carbonyl (C=O) groups excluding carboxylic acids is 3. The summed E-state index contributed by atoms with van der Waals surface area (Å²) in [5.41, 5.74) is 2.53. The molecule has 0 unspecified atom stereocenters. The van der Waals surface area contributed by atoms with Gasteiger partial charge in [0.15, 0.2) is 11.5 Å². The second-order valence-corrected chi connectivity index (χ2v) is 9.26. The van der Waals surface area contributed by atoms with Gasteiger partial charge in [-0.1, -0.05) is 35.9 Å². The summed E-state index contributed by atoms with van der Waals surface area (Å²) in [5.74, 6) is -0.369. The second-order valence-electron chi connectivity index (χ2n) is 8.27. The predicted octanol–water partition coefficient (Wildman–Crippen LogP) is 5.17. The van der Waals surface area contributed by atoms with Crippen molar-refractivity contribution < 1.29 is 28.8 Å². The van der Waals surface area contributed by atoms with Gasteiger partial charge in [0, 0.05) is 11.8 Å². The number of ether oxygens (including phenoxy) is 2. The van der Waals surface area contributed by atoms with Crippen LogP contribution in [0.25, 0.3) is 6.08 Å². The quantitative estimate of drug-likeness (QED) is 0.227. The Morgan fingerprint density at radius 3 is 2.53 bits per heavy atom. The minimum Gasteiger partial charge on any atom is -0.493 e. The number of nitro benzene ring substituents is 1. The van der Waals surface area contributed by atoms with Crippen LogP contribution in [0.4, 0.5) is 16.2 Å². The van der Waals surface area contributed by atoms with Gasteiger partial charge < -0.3 is 14.8 Å². The minimum absolute atomic E-state index is 0.0452. The van der Waals surface area contributed by atoms with E-state index < -0.39 is 28.5 Å². The maximum atomic E-state index is 12.8. The van der Waals surface area contributed by atoms with Crippen LogP contribution in [0.3, 0.4) is 0 Å². The highest BCUT2D eigenvalue weighted by Crippen LogP contribution is 2.35. The molecule has 3 aromatic rings. The number of hydrogen-bond acceptors (Lipinski definition) is 8. The molecule has 11 heteroatoms. The van der Waals surface area contributed by atoms with Gasteiger partial charge in [-0.2, -0.15) is 0 Å². The zero-order chi connectivity index (χ0) is 27.2. The van der Waals surface area contributed by atoms with E-state index in [4.69, 9.17) is 9.47 Å². The summed E-state index contributed by atoms with van der Waals surface area (Å²) in [5, 5.41) is 13.4. The number of rotatable bonds is 9. The lowest BCUT2D eigenvalue weighted by Gasteiger charge is -2.13. The number of aryl methyl sites for hydroxylation is 1. The fourth-order valence-electron chi connectivity index (χ4n) is 3.63. The smallest absolute Gasteiger partial charge is 0.294 e. The van der Waals surface area contributed by atoms with Crippen molar-refractivity contribution in [2.45, 2.75) is 13.5 Å². The summed E-state index contributed by atoms with van der Waals surface area (Å²) >= 11 is 0.739. The van der Waals surface area contributed by atoms with Crippen LogP contribution in [0.2, 0.25) is 0 Å². The van der Waals surface area contributed by atoms with Crippen molar-refractivity contribution in [3.05, 3.63) is 98.4 Å². The molecule has 0 aromatic heterocycles. The van der Waals surface area contributed by atoms with Crippen molar-refractivity contribution in [3.63, 3.8) is 0 Å². The molecule has 0 spiro atoms. The van der Waals surface area contributed by atoms with E-state index >= 15 is 0 Å². The molecule has 1 N–H and O–H groups in total. The maximum absolute atomic E-state index is 12.8. The monoisotopic (exact) mass is 533 g/mol. The van der Waals surface area contributed by atoms with E-state index in [1.165, 1.54) is 19.3 Å². The lowest BCUT2D eigenvalue weighted by atomic mass is 10.1. The van der Waals surface area contributed by atoms with Crippen LogP contribution in [0.5, 0.6) is 11.5 Å². The van der Waals surface area contributed by atoms with Gasteiger partial charge in [-0.05, 0) is 60.7 Å². The number of para-hydroxylation sites is 1. The average Bonchev–Trinajstić information content (AvgIpc) is 3.16. The topological polar surface area (TPSA) is 128 Å². The first-order valence-electron chi connectivity index (χ1n) is 11.4. The standard InChI is InChI=1S/C27H23N3O7S/c1-17-7-10-20(11-8-17)28-25(31)15-29-26(32)24(38-27(29)33)14-18-9-12-22(23(13-18)36-2)37-16-19-5-3-4-6-21(19)30(34)35/h3-14H,15-16H2,1-2H3,(H,28,31)/b24-14-. The maximum Gasteiger partial charge on any atom is 0.294 e. The Hall–Kier alpha value is -4.64. The zero-order valence-corrected chi connectivity index (χ0v) is 21.3. The van der Waals surface area contributed by atoms with Crippen LogP contribution in [-0.2, 0) is 16.2 Å². The molecule has 1 aliphatic rings. The Balaban J connectivity index is 1.44. The first kappa shape index (κ1) is 26.4. The number of nitro groups is 1. The zero-order valence-electron chi connectivity index (χ0n) is 20.5. The summed E-state index contributed by atoms with van der Waals surface area (Å²) in [6, 6.07) is 18.3. The molecule has 194 valence electrons. The van der Waals surface area contributed by atoms with Crippen LogP contribution in [0, 0.1) is 17.0 Å². The molecule has 0 bridgehead atoms. The molecular weight excluding hydrogens is 510 g/mol. The highest BCUT2D eigenvalue weighted by Gasteiger charge is 2.36. The van der Waals surface area contributed by atoms with Crippen LogP contribution in [0.1, 0.15) is 16.7 Å². The van der Waals surface area contributed by atoms with Gasteiger partial charge in [0.1, 0.15) is 13.2 Å². The van der Waals surface area contributed by atoms with Crippen molar-refractivity contribution in [3.8, 4) is 11.5 Å². The molecule has 0 radical (unpaired) electrons. The molecule has 0 aliphatic carbocycles. The number of carbonyl (C=O) groups is 3. The summed E-state index contributed by atoms with van der Waals surface area (Å²) < 4.78 is 11.1. The molecule has 0 atom stereocenters. The third kappa shape index (κ3) is 6.19. The van der Waals surface area contributed by atoms with Crippen LogP contribution in [-0.4, -0.2) is 40.5 Å². The number of methoxy groups -OCH3 is 1. The molecule has 3 amide bonds. The number of anilines is 1. The number of nitrogens with zero attached hydrogens (tertiary/aromatic N) is 2. The number of benzene rings is 3. The van der Waals surface area contributed by atoms with Crippen LogP contribution >= 0.6 is 11.8 Å². The molecule has 4 rings (SSSR count). The fraction of sp³-hybridized carbons (Fsp3) is 0.148. The number of nitrogens with one attached hydrogen (secondary N) is 1. The SMILES string of the molecule is COc1cc(/C=C2\SC(=O)N(CC(=O)Nc3ccc(C)cc3)C2=O)ccc1OCc1ccccc1[N+](=O)[O-]. The van der Waals surface area contributed by atoms with Crippen molar-refractivity contribution in [2.24, 2.45) is 0 Å². The Bertz CT molecular complexity index is 1440. The van der Waals surface area contributed by atoms with Crippen LogP contribution < -0.4 is 14.8 Å². The van der Waals surface area contributed by atoms with E-state index in [9.17, 15) is 24.5 Å². The van der Waals surface area contributed by atoms with Gasteiger partial charge in [-0.15, -0.1) is 0 Å². The van der Waals surface area contributed by atoms with Gasteiger partial charge >= 0.3 is 0 Å². The third-order valence-electron chi connectivity index (χ3n) is 5.57. The largest absolute Gasteiger partial charge is 0.493 e. The van der Waals surface area contributed by atoms with E-state index in [-0.39, 0.29) is 17.2 Å². The number of amides is 3. The molecule has 1 saturated heterocycles. The van der Waals surface area contributed by atoms with Crippen molar-refractivity contribution in [2.75, 3.05) is 19.0 Å². The summed E-state index contributed by atoms with van der Waals surface area (Å²) in [6.45, 7) is 1.47. The van der Waals surface area contributed by atoms with E-state index in [1.807, 2.05) is 19.1 Å². The van der Waals surface area contributed by atoms with Gasteiger partial charge in [-0.25, -0.2) is 0 Å². The van der Waals surface area contributed by atoms with E-state index in [2.05, 4.69) is 5.32 Å². The van der Waals surface area contributed by atoms with Gasteiger partial charge in [0.2, 0.25) is 5.91 Å². The molecule has 1 aliphatic heterocycles. The van der Waals surface area contributed by atoms with Crippen molar-refractivity contribution in [1.29, 1.82) is 0 Å². The third-order valence-corrected chi connectivity index (χ3v) is 6.47. The first-order chi connectivity index (χ1) is 18.2. The molecular formula is C27H23N3O7S. The number of thioether (sulfide) groups is 1. The van der Waals surface area contributed by atoms with Crippen molar-refractivity contribution >= 4 is 46.3 Å². The van der Waals surface area contributed by atoms with Crippen LogP contribution in [0.15, 0.2) is 71.6 Å². The highest BCUT2D eigenvalue weighted by atomic mass is 32.2. The van der Waals surface area contributed by atoms with Crippen molar-refractivity contribution in [1.82, 2.24) is 4.90 Å². The Labute approximate surface area is 222 Å². The predicted molar refractivity (Wildman–Crippen MR) is 143 cm³/mol. The van der Waals surface area contributed by atoms with Gasteiger partial charge in [-0.3, -0.25) is 29.4 Å². The van der Waals surface area contributed by atoms with E-state index in [1.54, 1.807) is 48.5 Å². The average molecular weight is 534 g/mol. The van der Waals surface area contributed by atoms with E-state index in [0.717, 1.165) is 22.2 Å². The Morgan fingerprint density at radius 2 is 1.82 bits per heavy atom. The summed E-state index contributed by atoms with van der Waals surface area (Å²) in [7, 11) is 1.44. The molecule has 3 aromatic carbocycles. The lowest BCUT2D eigenvalue weighted by Crippen LogP contribution is -2.36. The Morgan fingerprint density at radius 1 is 1.08 bits per heavy atom.